The molecule has 0 aliphatic heterocycles. The summed E-state index contributed by atoms with van der Waals surface area (Å²) in [6, 6.07) is 7.31. The lowest BCUT2D eigenvalue weighted by Crippen LogP contribution is -2.30. The Morgan fingerprint density at radius 2 is 2.29 bits per heavy atom. The van der Waals surface area contributed by atoms with E-state index in [2.05, 4.69) is 16.8 Å². The SMILES string of the molecule is COc1cc(N)ccc1C(=O)NC1CCCc2sccc21. The number of amides is 1. The number of ether oxygens (including phenoxy) is 1. The molecule has 0 saturated carbocycles. The molecule has 1 unspecified atom stereocenters. The number of thiophene rings is 1. The Balaban J connectivity index is 1.82. The maximum absolute atomic E-state index is 12.5. The number of hydrogen-bond acceptors (Lipinski definition) is 4. The van der Waals surface area contributed by atoms with Gasteiger partial charge in [-0.3, -0.25) is 4.79 Å². The van der Waals surface area contributed by atoms with Gasteiger partial charge >= 0.3 is 0 Å². The number of aryl methyl sites for hydroxylation is 1. The van der Waals surface area contributed by atoms with E-state index in [4.69, 9.17) is 10.5 Å². The zero-order chi connectivity index (χ0) is 14.8. The van der Waals surface area contributed by atoms with Crippen LogP contribution in [0.2, 0.25) is 0 Å². The Morgan fingerprint density at radius 3 is 3.10 bits per heavy atom. The van der Waals surface area contributed by atoms with Gasteiger partial charge in [-0.1, -0.05) is 0 Å². The van der Waals surface area contributed by atoms with Crippen molar-refractivity contribution in [3.8, 4) is 5.75 Å². The maximum Gasteiger partial charge on any atom is 0.255 e. The molecule has 3 rings (SSSR count). The minimum Gasteiger partial charge on any atom is -0.496 e. The van der Waals surface area contributed by atoms with Gasteiger partial charge in [0.15, 0.2) is 0 Å². The lowest BCUT2D eigenvalue weighted by Gasteiger charge is -2.24. The largest absolute Gasteiger partial charge is 0.496 e. The van der Waals surface area contributed by atoms with Crippen LogP contribution in [0.1, 0.15) is 39.7 Å². The number of carbonyl (C=O) groups is 1. The molecule has 3 N–H and O–H groups in total. The third-order valence-electron chi connectivity index (χ3n) is 3.83. The second-order valence-corrected chi connectivity index (χ2v) is 6.18. The van der Waals surface area contributed by atoms with Crippen LogP contribution in [0.4, 0.5) is 5.69 Å². The molecule has 5 heteroatoms. The molecule has 1 aliphatic carbocycles. The number of anilines is 1. The molecule has 1 amide bonds. The first-order valence-corrected chi connectivity index (χ1v) is 7.87. The smallest absolute Gasteiger partial charge is 0.255 e. The van der Waals surface area contributed by atoms with Crippen molar-refractivity contribution in [3.63, 3.8) is 0 Å². The van der Waals surface area contributed by atoms with Crippen LogP contribution in [0.25, 0.3) is 0 Å². The van der Waals surface area contributed by atoms with Crippen molar-refractivity contribution < 1.29 is 9.53 Å². The third-order valence-corrected chi connectivity index (χ3v) is 4.82. The van der Waals surface area contributed by atoms with E-state index >= 15 is 0 Å². The number of nitrogens with two attached hydrogens (primary N) is 1. The van der Waals surface area contributed by atoms with Crippen LogP contribution in [0.3, 0.4) is 0 Å². The molecule has 1 aliphatic rings. The Labute approximate surface area is 127 Å². The Kier molecular flexibility index (Phi) is 3.84. The molecular formula is C16H18N2O2S. The summed E-state index contributed by atoms with van der Waals surface area (Å²) >= 11 is 1.77. The van der Waals surface area contributed by atoms with Crippen LogP contribution in [0.15, 0.2) is 29.6 Å². The van der Waals surface area contributed by atoms with Crippen molar-refractivity contribution in [2.24, 2.45) is 0 Å². The van der Waals surface area contributed by atoms with Gasteiger partial charge in [-0.25, -0.2) is 0 Å². The summed E-state index contributed by atoms with van der Waals surface area (Å²) in [4.78, 5) is 13.9. The topological polar surface area (TPSA) is 64.3 Å². The number of hydrogen-bond donors (Lipinski definition) is 2. The first-order valence-electron chi connectivity index (χ1n) is 6.99. The van der Waals surface area contributed by atoms with Crippen LogP contribution in [0, 0.1) is 0 Å². The molecule has 0 bridgehead atoms. The van der Waals surface area contributed by atoms with Crippen LogP contribution in [0.5, 0.6) is 5.75 Å². The lowest BCUT2D eigenvalue weighted by molar-refractivity contribution is 0.0930. The zero-order valence-electron chi connectivity index (χ0n) is 11.9. The van der Waals surface area contributed by atoms with Gasteiger partial charge in [-0.05, 0) is 48.4 Å². The van der Waals surface area contributed by atoms with Gasteiger partial charge in [0.1, 0.15) is 5.75 Å². The quantitative estimate of drug-likeness (QED) is 0.856. The first kappa shape index (κ1) is 13.9. The second-order valence-electron chi connectivity index (χ2n) is 5.18. The third kappa shape index (κ3) is 2.74. The maximum atomic E-state index is 12.5. The van der Waals surface area contributed by atoms with Gasteiger partial charge in [0.2, 0.25) is 0 Å². The molecule has 1 aromatic heterocycles. The predicted molar refractivity (Wildman–Crippen MR) is 84.9 cm³/mol. The zero-order valence-corrected chi connectivity index (χ0v) is 12.7. The van der Waals surface area contributed by atoms with E-state index in [0.717, 1.165) is 19.3 Å². The normalized spacial score (nSPS) is 17.1. The fourth-order valence-corrected chi connectivity index (χ4v) is 3.76. The van der Waals surface area contributed by atoms with Crippen molar-refractivity contribution in [2.75, 3.05) is 12.8 Å². The van der Waals surface area contributed by atoms with Crippen molar-refractivity contribution >= 4 is 22.9 Å². The lowest BCUT2D eigenvalue weighted by atomic mass is 9.94. The molecular weight excluding hydrogens is 284 g/mol. The molecule has 1 atom stereocenters. The summed E-state index contributed by atoms with van der Waals surface area (Å²) in [7, 11) is 1.54. The average molecular weight is 302 g/mol. The average Bonchev–Trinajstić information content (AvgIpc) is 2.96. The molecule has 4 nitrogen and oxygen atoms in total. The van der Waals surface area contributed by atoms with Crippen LogP contribution in [-0.4, -0.2) is 13.0 Å². The van der Waals surface area contributed by atoms with Gasteiger partial charge in [0.25, 0.3) is 5.91 Å². The van der Waals surface area contributed by atoms with Crippen LogP contribution >= 0.6 is 11.3 Å². The molecule has 0 spiro atoms. The molecule has 0 fully saturated rings. The van der Waals surface area contributed by atoms with E-state index in [1.807, 2.05) is 0 Å². The Hall–Kier alpha value is -2.01. The van der Waals surface area contributed by atoms with Crippen molar-refractivity contribution in [3.05, 3.63) is 45.6 Å². The monoisotopic (exact) mass is 302 g/mol. The predicted octanol–water partition coefficient (Wildman–Crippen LogP) is 3.15. The van der Waals surface area contributed by atoms with E-state index in [-0.39, 0.29) is 11.9 Å². The Bertz CT molecular complexity index is 666. The summed E-state index contributed by atoms with van der Waals surface area (Å²) in [5.74, 6) is 0.393. The van der Waals surface area contributed by atoms with E-state index < -0.39 is 0 Å². The number of nitrogen functional groups attached to an aromatic ring is 1. The molecule has 1 aromatic carbocycles. The number of carbonyl (C=O) groups excluding carboxylic acids is 1. The summed E-state index contributed by atoms with van der Waals surface area (Å²) in [6.45, 7) is 0. The fraction of sp³-hybridized carbons (Fsp3) is 0.312. The minimum absolute atomic E-state index is 0.0924. The van der Waals surface area contributed by atoms with Gasteiger partial charge in [0.05, 0.1) is 18.7 Å². The van der Waals surface area contributed by atoms with Crippen molar-refractivity contribution in [1.29, 1.82) is 0 Å². The van der Waals surface area contributed by atoms with E-state index in [1.165, 1.54) is 10.4 Å². The number of fused-ring (bicyclic) bond motifs is 1. The summed E-state index contributed by atoms with van der Waals surface area (Å²) in [5, 5.41) is 5.21. The van der Waals surface area contributed by atoms with Crippen molar-refractivity contribution in [1.82, 2.24) is 5.32 Å². The van der Waals surface area contributed by atoms with Crippen LogP contribution in [-0.2, 0) is 6.42 Å². The van der Waals surface area contributed by atoms with Gasteiger partial charge in [-0.2, -0.15) is 0 Å². The van der Waals surface area contributed by atoms with E-state index in [1.54, 1.807) is 36.6 Å². The minimum atomic E-state index is -0.115. The summed E-state index contributed by atoms with van der Waals surface area (Å²) in [5.41, 5.74) is 8.09. The molecule has 2 aromatic rings. The standard InChI is InChI=1S/C16H18N2O2S/c1-20-14-9-10(17)5-6-12(14)16(19)18-13-3-2-4-15-11(13)7-8-21-15/h5-9,13H,2-4,17H2,1H3,(H,18,19). The highest BCUT2D eigenvalue weighted by molar-refractivity contribution is 7.10. The van der Waals surface area contributed by atoms with E-state index in [9.17, 15) is 4.79 Å². The summed E-state index contributed by atoms with van der Waals surface area (Å²) in [6.07, 6.45) is 3.20. The highest BCUT2D eigenvalue weighted by Crippen LogP contribution is 2.33. The Morgan fingerprint density at radius 1 is 1.43 bits per heavy atom. The number of nitrogens with one attached hydrogen (secondary N) is 1. The number of benzene rings is 1. The van der Waals surface area contributed by atoms with E-state index in [0.29, 0.717) is 17.0 Å². The van der Waals surface area contributed by atoms with Crippen molar-refractivity contribution in [2.45, 2.75) is 25.3 Å². The first-order chi connectivity index (χ1) is 10.2. The summed E-state index contributed by atoms with van der Waals surface area (Å²) < 4.78 is 5.25. The number of rotatable bonds is 3. The van der Waals surface area contributed by atoms with Gasteiger partial charge < -0.3 is 15.8 Å². The second kappa shape index (κ2) is 5.77. The van der Waals surface area contributed by atoms with Gasteiger partial charge in [-0.15, -0.1) is 11.3 Å². The highest BCUT2D eigenvalue weighted by atomic mass is 32.1. The molecule has 0 radical (unpaired) electrons. The highest BCUT2D eigenvalue weighted by Gasteiger charge is 2.24. The molecule has 110 valence electrons. The number of methoxy groups -OCH3 is 1. The van der Waals surface area contributed by atoms with Crippen LogP contribution < -0.4 is 15.8 Å². The molecule has 21 heavy (non-hydrogen) atoms. The molecule has 1 heterocycles. The van der Waals surface area contributed by atoms with Gasteiger partial charge in [0, 0.05) is 16.6 Å². The molecule has 0 saturated heterocycles. The fourth-order valence-electron chi connectivity index (χ4n) is 2.77.